The Morgan fingerprint density at radius 1 is 1.08 bits per heavy atom. The number of amides is 1. The van der Waals surface area contributed by atoms with Crippen LogP contribution in [-0.2, 0) is 0 Å². The lowest BCUT2D eigenvalue weighted by molar-refractivity contribution is -0.283. The maximum absolute atomic E-state index is 13.5. The van der Waals surface area contributed by atoms with Crippen molar-refractivity contribution in [3.8, 4) is 0 Å². The summed E-state index contributed by atoms with van der Waals surface area (Å²) in [5.74, 6) is -1.01. The Morgan fingerprint density at radius 3 is 2.24 bits per heavy atom. The van der Waals surface area contributed by atoms with Gasteiger partial charge in [0, 0.05) is 16.7 Å². The van der Waals surface area contributed by atoms with Gasteiger partial charge >= 0.3 is 6.18 Å². The second-order valence-electron chi connectivity index (χ2n) is 5.41. The molecule has 1 atom stereocenters. The van der Waals surface area contributed by atoms with E-state index < -0.39 is 17.8 Å². The summed E-state index contributed by atoms with van der Waals surface area (Å²) in [4.78, 5) is 12.5. The van der Waals surface area contributed by atoms with E-state index in [-0.39, 0.29) is 16.3 Å². The van der Waals surface area contributed by atoms with Gasteiger partial charge in [-0.3, -0.25) is 10.2 Å². The molecule has 0 fully saturated rings. The summed E-state index contributed by atoms with van der Waals surface area (Å²) in [7, 11) is 0. The number of hydrazine groups is 1. The van der Waals surface area contributed by atoms with Crippen molar-refractivity contribution in [3.05, 3.63) is 76.8 Å². The van der Waals surface area contributed by atoms with E-state index >= 15 is 0 Å². The summed E-state index contributed by atoms with van der Waals surface area (Å²) in [5, 5.41) is 10.8. The van der Waals surface area contributed by atoms with Gasteiger partial charge in [0.2, 0.25) is 0 Å². The molecule has 0 aliphatic carbocycles. The van der Waals surface area contributed by atoms with Crippen molar-refractivity contribution in [2.75, 3.05) is 0 Å². The molecular formula is C17H12ClF3N2O2. The molecule has 1 aliphatic rings. The van der Waals surface area contributed by atoms with E-state index in [2.05, 4.69) is 5.43 Å². The van der Waals surface area contributed by atoms with Gasteiger partial charge in [0.1, 0.15) is 0 Å². The highest BCUT2D eigenvalue weighted by Crippen LogP contribution is 2.40. The van der Waals surface area contributed by atoms with Gasteiger partial charge in [0.15, 0.2) is 0 Å². The zero-order chi connectivity index (χ0) is 18.2. The number of benzene rings is 2. The van der Waals surface area contributed by atoms with E-state index in [4.69, 9.17) is 11.6 Å². The lowest BCUT2D eigenvalue weighted by atomic mass is 10.1. The van der Waals surface area contributed by atoms with Crippen molar-refractivity contribution in [1.82, 2.24) is 10.4 Å². The fourth-order valence-electron chi connectivity index (χ4n) is 2.41. The van der Waals surface area contributed by atoms with Crippen LogP contribution >= 0.6 is 11.6 Å². The third kappa shape index (κ3) is 3.08. The maximum atomic E-state index is 13.5. The van der Waals surface area contributed by atoms with Gasteiger partial charge in [-0.05, 0) is 29.8 Å². The average Bonchev–Trinajstić information content (AvgIpc) is 2.94. The first kappa shape index (κ1) is 17.3. The maximum Gasteiger partial charge on any atom is 0.442 e. The Kier molecular flexibility index (Phi) is 4.22. The molecule has 0 aromatic heterocycles. The van der Waals surface area contributed by atoms with Gasteiger partial charge in [-0.2, -0.15) is 13.2 Å². The van der Waals surface area contributed by atoms with Crippen molar-refractivity contribution >= 4 is 23.2 Å². The average molecular weight is 369 g/mol. The standard InChI is InChI=1S/C17H12ClF3N2O2/c18-13-8-6-11(7-9-13)14-10-16(25,17(19,20)21)23(22-14)15(24)12-4-2-1-3-5-12/h1-10,22,25H/t16-/m1/s1. The van der Waals surface area contributed by atoms with Gasteiger partial charge < -0.3 is 5.11 Å². The summed E-state index contributed by atoms with van der Waals surface area (Å²) < 4.78 is 40.4. The minimum atomic E-state index is -5.10. The summed E-state index contributed by atoms with van der Waals surface area (Å²) in [6.07, 6.45) is -4.53. The SMILES string of the molecule is O=C(c1ccccc1)N1NC(c2ccc(Cl)cc2)=C[C@@]1(O)C(F)(F)F. The Balaban J connectivity index is 2.02. The number of nitrogens with one attached hydrogen (secondary N) is 1. The number of carbonyl (C=O) groups is 1. The predicted octanol–water partition coefficient (Wildman–Crippen LogP) is 3.59. The molecule has 2 aromatic rings. The molecule has 0 spiro atoms. The molecule has 0 saturated heterocycles. The van der Waals surface area contributed by atoms with Crippen LogP contribution < -0.4 is 5.43 Å². The van der Waals surface area contributed by atoms with E-state index in [1.807, 2.05) is 0 Å². The van der Waals surface area contributed by atoms with Crippen molar-refractivity contribution in [2.45, 2.75) is 11.9 Å². The molecule has 0 saturated carbocycles. The van der Waals surface area contributed by atoms with Gasteiger partial charge in [0.25, 0.3) is 11.6 Å². The summed E-state index contributed by atoms with van der Waals surface area (Å²) in [5.41, 5.74) is -0.832. The Morgan fingerprint density at radius 2 is 1.68 bits per heavy atom. The molecule has 2 aromatic carbocycles. The number of halogens is 4. The van der Waals surface area contributed by atoms with Crippen molar-refractivity contribution in [1.29, 1.82) is 0 Å². The lowest BCUT2D eigenvalue weighted by Gasteiger charge is -2.33. The molecule has 4 nitrogen and oxygen atoms in total. The monoisotopic (exact) mass is 368 g/mol. The predicted molar refractivity (Wildman–Crippen MR) is 86.2 cm³/mol. The van der Waals surface area contributed by atoms with Crippen LogP contribution in [0.3, 0.4) is 0 Å². The van der Waals surface area contributed by atoms with Crippen LogP contribution in [0.15, 0.2) is 60.7 Å². The quantitative estimate of drug-likeness (QED) is 0.851. The number of aliphatic hydroxyl groups is 1. The smallest absolute Gasteiger partial charge is 0.359 e. The molecule has 0 bridgehead atoms. The minimum absolute atomic E-state index is 0.00318. The molecule has 1 amide bonds. The van der Waals surface area contributed by atoms with Crippen molar-refractivity contribution < 1.29 is 23.1 Å². The molecule has 2 N–H and O–H groups in total. The molecule has 8 heteroatoms. The van der Waals surface area contributed by atoms with E-state index in [9.17, 15) is 23.1 Å². The summed E-state index contributed by atoms with van der Waals surface area (Å²) >= 11 is 5.77. The van der Waals surface area contributed by atoms with Crippen LogP contribution in [0.25, 0.3) is 5.70 Å². The van der Waals surface area contributed by atoms with Crippen LogP contribution in [0.4, 0.5) is 13.2 Å². The van der Waals surface area contributed by atoms with Gasteiger partial charge in [-0.1, -0.05) is 41.9 Å². The zero-order valence-electron chi connectivity index (χ0n) is 12.6. The fourth-order valence-corrected chi connectivity index (χ4v) is 2.53. The summed E-state index contributed by atoms with van der Waals surface area (Å²) in [6.45, 7) is 0. The Hall–Kier alpha value is -2.51. The van der Waals surface area contributed by atoms with Crippen LogP contribution in [0.5, 0.6) is 0 Å². The highest BCUT2D eigenvalue weighted by Gasteiger charge is 2.61. The third-order valence-electron chi connectivity index (χ3n) is 3.72. The van der Waals surface area contributed by atoms with Crippen molar-refractivity contribution in [3.63, 3.8) is 0 Å². The van der Waals surface area contributed by atoms with Crippen molar-refractivity contribution in [2.24, 2.45) is 0 Å². The second-order valence-corrected chi connectivity index (χ2v) is 5.84. The number of nitrogens with zero attached hydrogens (tertiary/aromatic N) is 1. The second kappa shape index (κ2) is 6.09. The van der Waals surface area contributed by atoms with Crippen LogP contribution in [0, 0.1) is 0 Å². The molecule has 130 valence electrons. The normalized spacial score (nSPS) is 20.2. The molecule has 25 heavy (non-hydrogen) atoms. The number of carbonyl (C=O) groups excluding carboxylic acids is 1. The minimum Gasteiger partial charge on any atom is -0.359 e. The zero-order valence-corrected chi connectivity index (χ0v) is 13.3. The van der Waals surface area contributed by atoms with Crippen LogP contribution in [0.2, 0.25) is 5.02 Å². The van der Waals surface area contributed by atoms with E-state index in [0.29, 0.717) is 16.7 Å². The molecule has 0 radical (unpaired) electrons. The van der Waals surface area contributed by atoms with Crippen LogP contribution in [-0.4, -0.2) is 27.9 Å². The third-order valence-corrected chi connectivity index (χ3v) is 3.97. The molecule has 3 rings (SSSR count). The van der Waals surface area contributed by atoms with Gasteiger partial charge in [0.05, 0.1) is 5.70 Å². The number of hydrogen-bond acceptors (Lipinski definition) is 3. The summed E-state index contributed by atoms with van der Waals surface area (Å²) in [6, 6.07) is 13.3. The first-order valence-electron chi connectivity index (χ1n) is 7.16. The number of alkyl halides is 3. The first-order chi connectivity index (χ1) is 11.7. The Labute approximate surface area is 146 Å². The van der Waals surface area contributed by atoms with E-state index in [0.717, 1.165) is 0 Å². The Bertz CT molecular complexity index is 822. The lowest BCUT2D eigenvalue weighted by Crippen LogP contribution is -2.60. The fraction of sp³-hybridized carbons (Fsp3) is 0.118. The largest absolute Gasteiger partial charge is 0.442 e. The van der Waals surface area contributed by atoms with E-state index in [1.165, 1.54) is 48.5 Å². The highest BCUT2D eigenvalue weighted by atomic mass is 35.5. The van der Waals surface area contributed by atoms with Gasteiger partial charge in [-0.25, -0.2) is 5.01 Å². The van der Waals surface area contributed by atoms with Crippen LogP contribution in [0.1, 0.15) is 15.9 Å². The number of rotatable bonds is 2. The molecule has 1 aliphatic heterocycles. The molecule has 0 unspecified atom stereocenters. The first-order valence-corrected chi connectivity index (χ1v) is 7.54. The molecular weight excluding hydrogens is 357 g/mol. The van der Waals surface area contributed by atoms with Gasteiger partial charge in [-0.15, -0.1) is 0 Å². The van der Waals surface area contributed by atoms with E-state index in [1.54, 1.807) is 6.07 Å². The topological polar surface area (TPSA) is 52.6 Å². The highest BCUT2D eigenvalue weighted by molar-refractivity contribution is 6.30. The molecule has 1 heterocycles. The number of hydrogen-bond donors (Lipinski definition) is 2.